The Bertz CT molecular complexity index is 694. The second-order valence-electron chi connectivity index (χ2n) is 6.85. The maximum Gasteiger partial charge on any atom is 0.251 e. The number of amides is 1. The number of ether oxygens (including phenoxy) is 1. The molecule has 2 aromatic carbocycles. The zero-order chi connectivity index (χ0) is 18.2. The maximum absolute atomic E-state index is 12.8. The van der Waals surface area contributed by atoms with Crippen LogP contribution in [0.15, 0.2) is 54.6 Å². The first kappa shape index (κ1) is 18.5. The van der Waals surface area contributed by atoms with E-state index in [1.54, 1.807) is 0 Å². The molecular formula is C22H28N2O2. The Morgan fingerprint density at radius 2 is 1.77 bits per heavy atom. The first-order valence-electron chi connectivity index (χ1n) is 9.55. The van der Waals surface area contributed by atoms with E-state index >= 15 is 0 Å². The fourth-order valence-electron chi connectivity index (χ4n) is 3.43. The molecule has 0 spiro atoms. The summed E-state index contributed by atoms with van der Waals surface area (Å²) in [5.74, 6) is 0.817. The van der Waals surface area contributed by atoms with Crippen molar-refractivity contribution in [3.63, 3.8) is 0 Å². The highest BCUT2D eigenvalue weighted by molar-refractivity contribution is 5.95. The summed E-state index contributed by atoms with van der Waals surface area (Å²) in [5, 5.41) is 3.22. The smallest absolute Gasteiger partial charge is 0.251 e. The Hall–Kier alpha value is -2.33. The van der Waals surface area contributed by atoms with Gasteiger partial charge in [0.2, 0.25) is 0 Å². The molecule has 4 nitrogen and oxygen atoms in total. The molecule has 0 aliphatic carbocycles. The van der Waals surface area contributed by atoms with Gasteiger partial charge in [0, 0.05) is 30.3 Å². The van der Waals surface area contributed by atoms with Crippen LogP contribution in [0, 0.1) is 0 Å². The highest BCUT2D eigenvalue weighted by Crippen LogP contribution is 2.16. The van der Waals surface area contributed by atoms with Gasteiger partial charge in [0.15, 0.2) is 0 Å². The van der Waals surface area contributed by atoms with Crippen LogP contribution in [0.25, 0.3) is 0 Å². The van der Waals surface area contributed by atoms with Gasteiger partial charge in [-0.3, -0.25) is 4.79 Å². The number of hydrogen-bond donors (Lipinski definition) is 1. The van der Waals surface area contributed by atoms with Gasteiger partial charge >= 0.3 is 0 Å². The van der Waals surface area contributed by atoms with Crippen LogP contribution in [-0.2, 0) is 6.61 Å². The SMILES string of the molecule is CCCN1CCC(NC(=O)c2ccccc2COc2ccccc2)CC1. The molecule has 0 radical (unpaired) electrons. The molecule has 1 N–H and O–H groups in total. The molecule has 2 aromatic rings. The highest BCUT2D eigenvalue weighted by atomic mass is 16.5. The van der Waals surface area contributed by atoms with E-state index in [4.69, 9.17) is 4.74 Å². The third-order valence-corrected chi connectivity index (χ3v) is 4.86. The average Bonchev–Trinajstić information content (AvgIpc) is 2.69. The van der Waals surface area contributed by atoms with Gasteiger partial charge in [0.25, 0.3) is 5.91 Å². The number of carbonyl (C=O) groups excluding carboxylic acids is 1. The predicted octanol–water partition coefficient (Wildman–Crippen LogP) is 3.87. The Labute approximate surface area is 156 Å². The number of rotatable bonds is 7. The van der Waals surface area contributed by atoms with Crippen molar-refractivity contribution in [2.75, 3.05) is 19.6 Å². The summed E-state index contributed by atoms with van der Waals surface area (Å²) < 4.78 is 5.83. The lowest BCUT2D eigenvalue weighted by Gasteiger charge is -2.32. The zero-order valence-corrected chi connectivity index (χ0v) is 15.5. The molecule has 1 aliphatic rings. The largest absolute Gasteiger partial charge is 0.489 e. The fraction of sp³-hybridized carbons (Fsp3) is 0.409. The van der Waals surface area contributed by atoms with Crippen LogP contribution >= 0.6 is 0 Å². The number of benzene rings is 2. The summed E-state index contributed by atoms with van der Waals surface area (Å²) >= 11 is 0. The first-order chi connectivity index (χ1) is 12.8. The number of carbonyl (C=O) groups is 1. The number of piperidine rings is 1. The molecular weight excluding hydrogens is 324 g/mol. The topological polar surface area (TPSA) is 41.6 Å². The first-order valence-corrected chi connectivity index (χ1v) is 9.55. The van der Waals surface area contributed by atoms with E-state index in [2.05, 4.69) is 17.1 Å². The quantitative estimate of drug-likeness (QED) is 0.822. The predicted molar refractivity (Wildman–Crippen MR) is 104 cm³/mol. The standard InChI is InChI=1S/C22H28N2O2/c1-2-14-24-15-12-19(13-16-24)23-22(25)21-11-7-6-8-18(21)17-26-20-9-4-3-5-10-20/h3-11,19H,2,12-17H2,1H3,(H,23,25). The number of nitrogens with zero attached hydrogens (tertiary/aromatic N) is 1. The molecule has 0 atom stereocenters. The van der Waals surface area contributed by atoms with Gasteiger partial charge in [-0.25, -0.2) is 0 Å². The fourth-order valence-corrected chi connectivity index (χ4v) is 3.43. The molecule has 0 unspecified atom stereocenters. The normalized spacial score (nSPS) is 15.6. The summed E-state index contributed by atoms with van der Waals surface area (Å²) in [5.41, 5.74) is 1.62. The van der Waals surface area contributed by atoms with Crippen molar-refractivity contribution in [2.45, 2.75) is 38.8 Å². The van der Waals surface area contributed by atoms with E-state index in [-0.39, 0.29) is 11.9 Å². The van der Waals surface area contributed by atoms with Gasteiger partial charge < -0.3 is 15.0 Å². The van der Waals surface area contributed by atoms with Crippen molar-refractivity contribution in [1.82, 2.24) is 10.2 Å². The lowest BCUT2D eigenvalue weighted by atomic mass is 10.0. The molecule has 1 fully saturated rings. The Morgan fingerprint density at radius 3 is 2.50 bits per heavy atom. The van der Waals surface area contributed by atoms with Crippen molar-refractivity contribution >= 4 is 5.91 Å². The summed E-state index contributed by atoms with van der Waals surface area (Å²) in [6, 6.07) is 17.7. The molecule has 4 heteroatoms. The van der Waals surface area contributed by atoms with Crippen LogP contribution in [0.1, 0.15) is 42.1 Å². The Morgan fingerprint density at radius 1 is 1.08 bits per heavy atom. The lowest BCUT2D eigenvalue weighted by molar-refractivity contribution is 0.0908. The van der Waals surface area contributed by atoms with Crippen LogP contribution in [0.2, 0.25) is 0 Å². The molecule has 3 rings (SSSR count). The van der Waals surface area contributed by atoms with Gasteiger partial charge in [0.05, 0.1) is 0 Å². The number of hydrogen-bond acceptors (Lipinski definition) is 3. The minimum absolute atomic E-state index is 0.00574. The van der Waals surface area contributed by atoms with Crippen molar-refractivity contribution in [2.24, 2.45) is 0 Å². The molecule has 1 saturated heterocycles. The van der Waals surface area contributed by atoms with Gasteiger partial charge in [-0.15, -0.1) is 0 Å². The van der Waals surface area contributed by atoms with E-state index < -0.39 is 0 Å². The van der Waals surface area contributed by atoms with Crippen molar-refractivity contribution in [3.8, 4) is 5.75 Å². The van der Waals surface area contributed by atoms with E-state index in [1.165, 1.54) is 6.42 Å². The van der Waals surface area contributed by atoms with Crippen LogP contribution in [0.5, 0.6) is 5.75 Å². The number of para-hydroxylation sites is 1. The monoisotopic (exact) mass is 352 g/mol. The molecule has 0 aromatic heterocycles. The van der Waals surface area contributed by atoms with E-state index in [0.29, 0.717) is 12.2 Å². The molecule has 1 heterocycles. The third-order valence-electron chi connectivity index (χ3n) is 4.86. The van der Waals surface area contributed by atoms with Crippen molar-refractivity contribution in [1.29, 1.82) is 0 Å². The Kier molecular flexibility index (Phi) is 6.67. The van der Waals surface area contributed by atoms with Gasteiger partial charge in [-0.1, -0.05) is 43.3 Å². The summed E-state index contributed by atoms with van der Waals surface area (Å²) in [4.78, 5) is 15.2. The van der Waals surface area contributed by atoms with Crippen molar-refractivity contribution < 1.29 is 9.53 Å². The summed E-state index contributed by atoms with van der Waals surface area (Å²) in [7, 11) is 0. The molecule has 0 saturated carbocycles. The van der Waals surface area contributed by atoms with Crippen LogP contribution in [-0.4, -0.2) is 36.5 Å². The van der Waals surface area contributed by atoms with Gasteiger partial charge in [-0.05, 0) is 44.0 Å². The van der Waals surface area contributed by atoms with Gasteiger partial charge in [-0.2, -0.15) is 0 Å². The van der Waals surface area contributed by atoms with Gasteiger partial charge in [0.1, 0.15) is 12.4 Å². The summed E-state index contributed by atoms with van der Waals surface area (Å²) in [6.07, 6.45) is 3.23. The second kappa shape index (κ2) is 9.39. The van der Waals surface area contributed by atoms with Crippen LogP contribution in [0.4, 0.5) is 0 Å². The minimum Gasteiger partial charge on any atom is -0.489 e. The number of nitrogens with one attached hydrogen (secondary N) is 1. The molecule has 26 heavy (non-hydrogen) atoms. The zero-order valence-electron chi connectivity index (χ0n) is 15.5. The number of likely N-dealkylation sites (tertiary alicyclic amines) is 1. The maximum atomic E-state index is 12.8. The van der Waals surface area contributed by atoms with Crippen molar-refractivity contribution in [3.05, 3.63) is 65.7 Å². The molecule has 1 aliphatic heterocycles. The average molecular weight is 352 g/mol. The third kappa shape index (κ3) is 5.09. The highest BCUT2D eigenvalue weighted by Gasteiger charge is 2.21. The lowest BCUT2D eigenvalue weighted by Crippen LogP contribution is -2.45. The van der Waals surface area contributed by atoms with E-state index in [0.717, 1.165) is 43.8 Å². The van der Waals surface area contributed by atoms with Crippen LogP contribution < -0.4 is 10.1 Å². The molecule has 0 bridgehead atoms. The molecule has 138 valence electrons. The second-order valence-corrected chi connectivity index (χ2v) is 6.85. The van der Waals surface area contributed by atoms with E-state index in [1.807, 2.05) is 54.6 Å². The van der Waals surface area contributed by atoms with Crippen LogP contribution in [0.3, 0.4) is 0 Å². The Balaban J connectivity index is 1.57. The molecule has 1 amide bonds. The minimum atomic E-state index is 0.00574. The summed E-state index contributed by atoms with van der Waals surface area (Å²) in [6.45, 7) is 5.89. The van der Waals surface area contributed by atoms with E-state index in [9.17, 15) is 4.79 Å².